The Bertz CT molecular complexity index is 1000. The van der Waals surface area contributed by atoms with E-state index in [4.69, 9.17) is 4.74 Å². The molecule has 0 N–H and O–H groups in total. The predicted molar refractivity (Wildman–Crippen MR) is 113 cm³/mol. The number of sulfonamides is 1. The SMILES string of the molecule is COc1cccc(Cc2nsc(N(C)CCN(C)S(=O)(=O)c3cccs3)n2)c1. The van der Waals surface area contributed by atoms with E-state index >= 15 is 0 Å². The summed E-state index contributed by atoms with van der Waals surface area (Å²) in [7, 11) is 1.69. The van der Waals surface area contributed by atoms with Crippen LogP contribution in [-0.4, -0.2) is 56.4 Å². The van der Waals surface area contributed by atoms with Crippen molar-refractivity contribution in [3.05, 3.63) is 53.2 Å². The predicted octanol–water partition coefficient (Wildman–Crippen LogP) is 2.96. The first-order valence-corrected chi connectivity index (χ1v) is 11.7. The Labute approximate surface area is 173 Å². The van der Waals surface area contributed by atoms with Crippen molar-refractivity contribution in [2.75, 3.05) is 39.2 Å². The number of benzene rings is 1. The third-order valence-corrected chi connectivity index (χ3v) is 8.29. The van der Waals surface area contributed by atoms with Crippen LogP contribution in [0.5, 0.6) is 5.75 Å². The summed E-state index contributed by atoms with van der Waals surface area (Å²) in [5.74, 6) is 1.54. The second kappa shape index (κ2) is 8.99. The molecule has 3 rings (SSSR count). The van der Waals surface area contributed by atoms with E-state index < -0.39 is 10.0 Å². The number of methoxy groups -OCH3 is 1. The molecule has 0 spiro atoms. The summed E-state index contributed by atoms with van der Waals surface area (Å²) in [6.45, 7) is 0.885. The highest BCUT2D eigenvalue weighted by molar-refractivity contribution is 7.91. The van der Waals surface area contributed by atoms with Crippen LogP contribution in [0.25, 0.3) is 0 Å². The lowest BCUT2D eigenvalue weighted by atomic mass is 10.1. The maximum Gasteiger partial charge on any atom is 0.252 e. The van der Waals surface area contributed by atoms with Crippen molar-refractivity contribution < 1.29 is 13.2 Å². The molecule has 0 bridgehead atoms. The van der Waals surface area contributed by atoms with Crippen molar-refractivity contribution in [2.24, 2.45) is 0 Å². The normalized spacial score (nSPS) is 11.7. The summed E-state index contributed by atoms with van der Waals surface area (Å²) in [5.41, 5.74) is 1.08. The van der Waals surface area contributed by atoms with Gasteiger partial charge < -0.3 is 9.64 Å². The Kier molecular flexibility index (Phi) is 6.65. The summed E-state index contributed by atoms with van der Waals surface area (Å²) in [5, 5.41) is 2.53. The molecule has 0 fully saturated rings. The molecule has 0 amide bonds. The van der Waals surface area contributed by atoms with E-state index in [-0.39, 0.29) is 0 Å². The molecular formula is C18H22N4O3S3. The lowest BCUT2D eigenvalue weighted by Crippen LogP contribution is -2.34. The molecule has 0 aliphatic carbocycles. The minimum absolute atomic E-state index is 0.356. The summed E-state index contributed by atoms with van der Waals surface area (Å²) in [6.07, 6.45) is 0.619. The fourth-order valence-corrected chi connectivity index (χ4v) is 5.54. The Morgan fingerprint density at radius 2 is 1.96 bits per heavy atom. The van der Waals surface area contributed by atoms with Crippen LogP contribution in [0, 0.1) is 0 Å². The molecule has 0 aliphatic heterocycles. The molecular weight excluding hydrogens is 416 g/mol. The largest absolute Gasteiger partial charge is 0.497 e. The molecule has 2 aromatic heterocycles. The van der Waals surface area contributed by atoms with Crippen LogP contribution in [0.4, 0.5) is 5.13 Å². The maximum atomic E-state index is 12.5. The van der Waals surface area contributed by atoms with Gasteiger partial charge in [-0.25, -0.2) is 13.4 Å². The van der Waals surface area contributed by atoms with Gasteiger partial charge in [-0.15, -0.1) is 11.3 Å². The zero-order chi connectivity index (χ0) is 20.1. The first-order chi connectivity index (χ1) is 13.4. The van der Waals surface area contributed by atoms with E-state index in [1.165, 1.54) is 27.2 Å². The molecule has 28 heavy (non-hydrogen) atoms. The first kappa shape index (κ1) is 20.7. The summed E-state index contributed by atoms with van der Waals surface area (Å²) in [4.78, 5) is 6.50. The Hall–Kier alpha value is -2.01. The van der Waals surface area contributed by atoms with Crippen molar-refractivity contribution in [3.63, 3.8) is 0 Å². The van der Waals surface area contributed by atoms with Gasteiger partial charge in [-0.05, 0) is 29.1 Å². The van der Waals surface area contributed by atoms with Gasteiger partial charge in [-0.3, -0.25) is 0 Å². The van der Waals surface area contributed by atoms with Crippen LogP contribution in [0.3, 0.4) is 0 Å². The van der Waals surface area contributed by atoms with E-state index in [0.29, 0.717) is 23.7 Å². The third kappa shape index (κ3) is 4.88. The van der Waals surface area contributed by atoms with Crippen molar-refractivity contribution in [2.45, 2.75) is 10.6 Å². The van der Waals surface area contributed by atoms with Gasteiger partial charge >= 0.3 is 0 Å². The first-order valence-electron chi connectivity index (χ1n) is 8.56. The van der Waals surface area contributed by atoms with Gasteiger partial charge in [0.05, 0.1) is 7.11 Å². The van der Waals surface area contributed by atoms with E-state index in [2.05, 4.69) is 9.36 Å². The standard InChI is InChI=1S/C18H22N4O3S3/c1-21(9-10-22(2)28(23,24)17-8-5-11-26-17)18-19-16(20-27-18)13-14-6-4-7-15(12-14)25-3/h4-8,11-12H,9-10,13H2,1-3H3. The van der Waals surface area contributed by atoms with Crippen molar-refractivity contribution in [1.82, 2.24) is 13.7 Å². The number of aromatic nitrogens is 2. The quantitative estimate of drug-likeness (QED) is 0.511. The van der Waals surface area contributed by atoms with Gasteiger partial charge in [0.1, 0.15) is 15.8 Å². The number of hydrogen-bond acceptors (Lipinski definition) is 8. The summed E-state index contributed by atoms with van der Waals surface area (Å²) >= 11 is 2.53. The van der Waals surface area contributed by atoms with Gasteiger partial charge in [-0.2, -0.15) is 8.68 Å². The zero-order valence-electron chi connectivity index (χ0n) is 15.9. The summed E-state index contributed by atoms with van der Waals surface area (Å²) in [6, 6.07) is 11.2. The van der Waals surface area contributed by atoms with Gasteiger partial charge in [-0.1, -0.05) is 18.2 Å². The average molecular weight is 439 g/mol. The molecule has 0 aliphatic rings. The fraction of sp³-hybridized carbons (Fsp3) is 0.333. The van der Waals surface area contributed by atoms with Crippen LogP contribution < -0.4 is 9.64 Å². The second-order valence-electron chi connectivity index (χ2n) is 6.20. The third-order valence-electron chi connectivity index (χ3n) is 4.19. The summed E-state index contributed by atoms with van der Waals surface area (Å²) < 4.78 is 36.4. The number of thiophene rings is 1. The van der Waals surface area contributed by atoms with E-state index in [1.807, 2.05) is 36.2 Å². The highest BCUT2D eigenvalue weighted by Gasteiger charge is 2.22. The smallest absolute Gasteiger partial charge is 0.252 e. The Balaban J connectivity index is 1.59. The van der Waals surface area contributed by atoms with E-state index in [9.17, 15) is 8.42 Å². The lowest BCUT2D eigenvalue weighted by molar-refractivity contribution is 0.414. The van der Waals surface area contributed by atoms with Crippen LogP contribution in [0.15, 0.2) is 46.0 Å². The minimum Gasteiger partial charge on any atom is -0.497 e. The van der Waals surface area contributed by atoms with Gasteiger partial charge in [0.25, 0.3) is 10.0 Å². The highest BCUT2D eigenvalue weighted by Crippen LogP contribution is 2.21. The molecule has 3 aromatic rings. The van der Waals surface area contributed by atoms with Crippen molar-refractivity contribution in [3.8, 4) is 5.75 Å². The van der Waals surface area contributed by atoms with Crippen LogP contribution in [0.2, 0.25) is 0 Å². The zero-order valence-corrected chi connectivity index (χ0v) is 18.4. The Morgan fingerprint density at radius 1 is 1.14 bits per heavy atom. The topological polar surface area (TPSA) is 75.6 Å². The molecule has 0 saturated heterocycles. The van der Waals surface area contributed by atoms with E-state index in [0.717, 1.165) is 22.3 Å². The van der Waals surface area contributed by atoms with Crippen molar-refractivity contribution >= 4 is 38.0 Å². The number of likely N-dealkylation sites (N-methyl/N-ethyl adjacent to an activating group) is 2. The van der Waals surface area contributed by atoms with Gasteiger partial charge in [0.15, 0.2) is 0 Å². The molecule has 0 saturated carbocycles. The van der Waals surface area contributed by atoms with Crippen molar-refractivity contribution in [1.29, 1.82) is 0 Å². The number of nitrogens with zero attached hydrogens (tertiary/aromatic N) is 4. The minimum atomic E-state index is -3.43. The molecule has 0 unspecified atom stereocenters. The molecule has 2 heterocycles. The number of hydrogen-bond donors (Lipinski definition) is 0. The molecule has 7 nitrogen and oxygen atoms in total. The molecule has 150 valence electrons. The molecule has 1 aromatic carbocycles. The van der Waals surface area contributed by atoms with Crippen LogP contribution >= 0.6 is 22.9 Å². The molecule has 0 radical (unpaired) electrons. The number of anilines is 1. The van der Waals surface area contributed by atoms with Crippen LogP contribution in [-0.2, 0) is 16.4 Å². The molecule has 0 atom stereocenters. The number of rotatable bonds is 9. The fourth-order valence-electron chi connectivity index (χ4n) is 2.51. The average Bonchev–Trinajstić information content (AvgIpc) is 3.38. The maximum absolute atomic E-state index is 12.5. The lowest BCUT2D eigenvalue weighted by Gasteiger charge is -2.20. The van der Waals surface area contributed by atoms with Gasteiger partial charge in [0, 0.05) is 45.1 Å². The van der Waals surface area contributed by atoms with Crippen LogP contribution in [0.1, 0.15) is 11.4 Å². The van der Waals surface area contributed by atoms with Gasteiger partial charge in [0.2, 0.25) is 5.13 Å². The Morgan fingerprint density at radius 3 is 2.68 bits per heavy atom. The monoisotopic (exact) mass is 438 g/mol. The van der Waals surface area contributed by atoms with E-state index in [1.54, 1.807) is 31.7 Å². The second-order valence-corrected chi connectivity index (χ2v) is 10.2. The highest BCUT2D eigenvalue weighted by atomic mass is 32.2. The molecule has 10 heteroatoms. The number of ether oxygens (including phenoxy) is 1.